The molecule has 0 bridgehead atoms. The SMILES string of the molecule is CC#CCn1c(N2CCNCC2)nc2c1c(=O)n(C)c(=O)n2C1CCOC1=O.O=C(O)C(F)(F)F. The van der Waals surface area contributed by atoms with Crippen molar-refractivity contribution in [3.63, 3.8) is 0 Å². The summed E-state index contributed by atoms with van der Waals surface area (Å²) in [6, 6.07) is -0.779. The quantitative estimate of drug-likeness (QED) is 0.420. The maximum Gasteiger partial charge on any atom is 0.490 e. The Labute approximate surface area is 195 Å². The van der Waals surface area contributed by atoms with Crippen LogP contribution >= 0.6 is 0 Å². The fourth-order valence-corrected chi connectivity index (χ4v) is 3.72. The van der Waals surface area contributed by atoms with Gasteiger partial charge in [-0.25, -0.2) is 14.4 Å². The first-order valence-corrected chi connectivity index (χ1v) is 10.5. The molecule has 0 radical (unpaired) electrons. The van der Waals surface area contributed by atoms with E-state index in [1.165, 1.54) is 11.6 Å². The highest BCUT2D eigenvalue weighted by atomic mass is 19.4. The molecule has 2 aromatic heterocycles. The molecule has 0 aliphatic carbocycles. The molecule has 1 atom stereocenters. The normalized spacial score (nSPS) is 17.9. The number of carbonyl (C=O) groups is 2. The second-order valence-corrected chi connectivity index (χ2v) is 7.63. The molecule has 4 rings (SSSR count). The molecule has 2 fully saturated rings. The number of aliphatic carboxylic acids is 1. The van der Waals surface area contributed by atoms with Crippen LogP contribution in [0.5, 0.6) is 0 Å². The summed E-state index contributed by atoms with van der Waals surface area (Å²) in [6.45, 7) is 5.27. The first-order chi connectivity index (χ1) is 16.5. The van der Waals surface area contributed by atoms with Crippen molar-refractivity contribution >= 4 is 29.1 Å². The van der Waals surface area contributed by atoms with Gasteiger partial charge in [0.05, 0.1) is 13.2 Å². The third-order valence-corrected chi connectivity index (χ3v) is 5.43. The average Bonchev–Trinajstić information content (AvgIpc) is 3.40. The lowest BCUT2D eigenvalue weighted by atomic mass is 10.2. The van der Waals surface area contributed by atoms with Crippen LogP contribution < -0.4 is 21.5 Å². The van der Waals surface area contributed by atoms with Crippen molar-refractivity contribution in [2.75, 3.05) is 37.7 Å². The maximum atomic E-state index is 13.0. The molecule has 35 heavy (non-hydrogen) atoms. The molecule has 0 spiro atoms. The van der Waals surface area contributed by atoms with Crippen molar-refractivity contribution in [1.82, 2.24) is 24.0 Å². The van der Waals surface area contributed by atoms with Crippen LogP contribution in [0.1, 0.15) is 19.4 Å². The van der Waals surface area contributed by atoms with Crippen LogP contribution in [0.2, 0.25) is 0 Å². The Morgan fingerprint density at radius 3 is 2.40 bits per heavy atom. The molecule has 12 nitrogen and oxygen atoms in total. The number of carbonyl (C=O) groups excluding carboxylic acids is 1. The van der Waals surface area contributed by atoms with Gasteiger partial charge in [-0.1, -0.05) is 5.92 Å². The highest BCUT2D eigenvalue weighted by Crippen LogP contribution is 2.25. The second kappa shape index (κ2) is 10.2. The summed E-state index contributed by atoms with van der Waals surface area (Å²) in [7, 11) is 1.41. The van der Waals surface area contributed by atoms with Crippen LogP contribution in [0.4, 0.5) is 19.1 Å². The van der Waals surface area contributed by atoms with Crippen LogP contribution in [0.15, 0.2) is 9.59 Å². The molecule has 0 saturated carbocycles. The molecule has 2 saturated heterocycles. The lowest BCUT2D eigenvalue weighted by Crippen LogP contribution is -2.44. The van der Waals surface area contributed by atoms with Crippen molar-refractivity contribution in [3.8, 4) is 11.8 Å². The Hall–Kier alpha value is -3.80. The number of halogens is 3. The number of piperazine rings is 1. The van der Waals surface area contributed by atoms with Crippen LogP contribution in [-0.4, -0.2) is 74.7 Å². The topological polar surface area (TPSA) is 141 Å². The Morgan fingerprint density at radius 2 is 1.89 bits per heavy atom. The Morgan fingerprint density at radius 1 is 1.26 bits per heavy atom. The molecule has 1 unspecified atom stereocenters. The molecular weight excluding hydrogens is 477 g/mol. The number of anilines is 1. The summed E-state index contributed by atoms with van der Waals surface area (Å²) in [5.74, 6) is 3.18. The van der Waals surface area contributed by atoms with Gasteiger partial charge in [-0.3, -0.25) is 18.5 Å². The van der Waals surface area contributed by atoms with Crippen LogP contribution in [-0.2, 0) is 27.9 Å². The zero-order valence-corrected chi connectivity index (χ0v) is 18.9. The first kappa shape index (κ1) is 25.8. The van der Waals surface area contributed by atoms with Gasteiger partial charge in [-0.2, -0.15) is 18.2 Å². The van der Waals surface area contributed by atoms with E-state index < -0.39 is 35.4 Å². The molecule has 4 heterocycles. The Bertz CT molecular complexity index is 1310. The van der Waals surface area contributed by atoms with Gasteiger partial charge in [0.15, 0.2) is 11.2 Å². The summed E-state index contributed by atoms with van der Waals surface area (Å²) in [5, 5.41) is 10.4. The molecule has 2 aliphatic rings. The van der Waals surface area contributed by atoms with E-state index in [-0.39, 0.29) is 24.3 Å². The number of cyclic esters (lactones) is 1. The Kier molecular flexibility index (Phi) is 7.54. The number of carboxylic acid groups (broad SMARTS) is 1. The number of nitrogens with zero attached hydrogens (tertiary/aromatic N) is 5. The van der Waals surface area contributed by atoms with Gasteiger partial charge in [-0.15, -0.1) is 5.92 Å². The lowest BCUT2D eigenvalue weighted by Gasteiger charge is -2.28. The number of aromatic nitrogens is 4. The van der Waals surface area contributed by atoms with Gasteiger partial charge in [0.25, 0.3) is 5.56 Å². The van der Waals surface area contributed by atoms with Gasteiger partial charge in [0, 0.05) is 39.6 Å². The average molecular weight is 500 g/mol. The van der Waals surface area contributed by atoms with E-state index in [0.29, 0.717) is 12.4 Å². The van der Waals surface area contributed by atoms with Crippen molar-refractivity contribution in [1.29, 1.82) is 0 Å². The number of hydrogen-bond acceptors (Lipinski definition) is 8. The number of nitrogens with one attached hydrogen (secondary N) is 1. The predicted octanol–water partition coefficient (Wildman–Crippen LogP) is -0.549. The van der Waals surface area contributed by atoms with Gasteiger partial charge < -0.3 is 20.1 Å². The number of ether oxygens (including phenoxy) is 1. The van der Waals surface area contributed by atoms with Crippen molar-refractivity contribution in [2.24, 2.45) is 7.05 Å². The fraction of sp³-hybridized carbons (Fsp3) is 0.550. The first-order valence-electron chi connectivity index (χ1n) is 10.5. The highest BCUT2D eigenvalue weighted by Gasteiger charge is 2.38. The molecule has 0 amide bonds. The predicted molar refractivity (Wildman–Crippen MR) is 116 cm³/mol. The summed E-state index contributed by atoms with van der Waals surface area (Å²) in [6.07, 6.45) is -4.71. The molecule has 2 aromatic rings. The van der Waals surface area contributed by atoms with Gasteiger partial charge in [-0.05, 0) is 6.92 Å². The largest absolute Gasteiger partial charge is 0.490 e. The summed E-state index contributed by atoms with van der Waals surface area (Å²) in [4.78, 5) is 53.6. The summed E-state index contributed by atoms with van der Waals surface area (Å²) >= 11 is 0. The number of rotatable bonds is 3. The minimum atomic E-state index is -5.08. The van der Waals surface area contributed by atoms with E-state index in [4.69, 9.17) is 14.6 Å². The lowest BCUT2D eigenvalue weighted by molar-refractivity contribution is -0.192. The van der Waals surface area contributed by atoms with E-state index >= 15 is 0 Å². The zero-order chi connectivity index (χ0) is 25.9. The number of esters is 1. The monoisotopic (exact) mass is 500 g/mol. The van der Waals surface area contributed by atoms with Gasteiger partial charge in [0.1, 0.15) is 6.04 Å². The molecule has 15 heteroatoms. The zero-order valence-electron chi connectivity index (χ0n) is 18.9. The molecule has 0 aromatic carbocycles. The number of alkyl halides is 3. The highest BCUT2D eigenvalue weighted by molar-refractivity contribution is 5.81. The fourth-order valence-electron chi connectivity index (χ4n) is 3.72. The molecule has 2 aliphatic heterocycles. The minimum absolute atomic E-state index is 0.211. The number of hydrogen-bond donors (Lipinski definition) is 2. The number of fused-ring (bicyclic) bond motifs is 1. The van der Waals surface area contributed by atoms with Crippen LogP contribution in [0.3, 0.4) is 0 Å². The maximum absolute atomic E-state index is 13.0. The van der Waals surface area contributed by atoms with Crippen LogP contribution in [0.25, 0.3) is 11.2 Å². The Balaban J connectivity index is 0.000000429. The minimum Gasteiger partial charge on any atom is -0.475 e. The number of carboxylic acids is 1. The summed E-state index contributed by atoms with van der Waals surface area (Å²) in [5.41, 5.74) is -0.532. The standard InChI is InChI=1S/C18H22N6O4.C2HF3O2/c1-3-4-8-23-13-14(20-17(23)22-9-6-19-7-10-22)24(12-5-11-28-16(12)26)18(27)21(2)15(13)25;3-2(4,5)1(6)7/h12,19H,5-11H2,1-2H3;(H,6,7). The van der Waals surface area contributed by atoms with E-state index in [1.807, 2.05) is 0 Å². The molecular formula is C20H23F3N6O6. The molecule has 190 valence electrons. The smallest absolute Gasteiger partial charge is 0.475 e. The van der Waals surface area contributed by atoms with Gasteiger partial charge >= 0.3 is 23.8 Å². The van der Waals surface area contributed by atoms with Crippen molar-refractivity contribution in [3.05, 3.63) is 20.8 Å². The number of imidazole rings is 1. The van der Waals surface area contributed by atoms with E-state index in [9.17, 15) is 27.6 Å². The van der Waals surface area contributed by atoms with Gasteiger partial charge in [0.2, 0.25) is 5.95 Å². The second-order valence-electron chi connectivity index (χ2n) is 7.63. The third kappa shape index (κ3) is 5.16. The van der Waals surface area contributed by atoms with Crippen LogP contribution in [0, 0.1) is 11.8 Å². The summed E-state index contributed by atoms with van der Waals surface area (Å²) < 4.78 is 40.9. The third-order valence-electron chi connectivity index (χ3n) is 5.43. The van der Waals surface area contributed by atoms with Crippen molar-refractivity contribution < 1.29 is 32.6 Å². The molecule has 2 N–H and O–H groups in total. The van der Waals surface area contributed by atoms with Crippen molar-refractivity contribution in [2.45, 2.75) is 32.1 Å². The van der Waals surface area contributed by atoms with E-state index in [2.05, 4.69) is 27.0 Å². The van der Waals surface area contributed by atoms with E-state index in [0.717, 1.165) is 30.7 Å². The van der Waals surface area contributed by atoms with E-state index in [1.54, 1.807) is 11.5 Å².